The fraction of sp³-hybridized carbons (Fsp3) is 0.269. The first kappa shape index (κ1) is 21.4. The van der Waals surface area contributed by atoms with Crippen LogP contribution in [0.5, 0.6) is 11.5 Å². The molecule has 0 atom stereocenters. The van der Waals surface area contributed by atoms with Crippen molar-refractivity contribution in [3.05, 3.63) is 90.0 Å². The first-order valence-corrected chi connectivity index (χ1v) is 10.6. The van der Waals surface area contributed by atoms with Crippen LogP contribution in [0.15, 0.2) is 78.9 Å². The van der Waals surface area contributed by atoms with Crippen molar-refractivity contribution in [2.45, 2.75) is 32.6 Å². The van der Waals surface area contributed by atoms with E-state index in [-0.39, 0.29) is 5.91 Å². The summed E-state index contributed by atoms with van der Waals surface area (Å²) in [5.74, 6) is 1.37. The van der Waals surface area contributed by atoms with Crippen molar-refractivity contribution in [3.8, 4) is 11.5 Å². The smallest absolute Gasteiger partial charge is 0.255 e. The summed E-state index contributed by atoms with van der Waals surface area (Å²) in [5, 5.41) is 2.93. The van der Waals surface area contributed by atoms with E-state index in [2.05, 4.69) is 24.4 Å². The molecular weight excluding hydrogens is 374 g/mol. The van der Waals surface area contributed by atoms with Crippen molar-refractivity contribution in [1.29, 1.82) is 0 Å². The van der Waals surface area contributed by atoms with Crippen molar-refractivity contribution < 1.29 is 14.3 Å². The summed E-state index contributed by atoms with van der Waals surface area (Å²) >= 11 is 0. The van der Waals surface area contributed by atoms with E-state index in [9.17, 15) is 4.79 Å². The van der Waals surface area contributed by atoms with Crippen molar-refractivity contribution >= 4 is 11.6 Å². The second-order valence-electron chi connectivity index (χ2n) is 7.15. The molecule has 0 heterocycles. The molecule has 1 amide bonds. The highest BCUT2D eigenvalue weighted by atomic mass is 16.5. The number of anilines is 1. The van der Waals surface area contributed by atoms with Gasteiger partial charge in [-0.05, 0) is 48.4 Å². The van der Waals surface area contributed by atoms with Gasteiger partial charge in [0.2, 0.25) is 0 Å². The van der Waals surface area contributed by atoms with E-state index in [1.165, 1.54) is 12.0 Å². The predicted octanol–water partition coefficient (Wildman–Crippen LogP) is 6.13. The molecule has 0 aliphatic heterocycles. The highest BCUT2D eigenvalue weighted by molar-refractivity contribution is 6.04. The Bertz CT molecular complexity index is 907. The average molecular weight is 404 g/mol. The second-order valence-corrected chi connectivity index (χ2v) is 7.15. The van der Waals surface area contributed by atoms with Crippen molar-refractivity contribution in [3.63, 3.8) is 0 Å². The zero-order valence-corrected chi connectivity index (χ0v) is 17.5. The van der Waals surface area contributed by atoms with Gasteiger partial charge in [-0.1, -0.05) is 56.2 Å². The van der Waals surface area contributed by atoms with E-state index in [1.807, 2.05) is 54.6 Å². The van der Waals surface area contributed by atoms with Gasteiger partial charge in [-0.15, -0.1) is 0 Å². The first-order valence-electron chi connectivity index (χ1n) is 10.6. The van der Waals surface area contributed by atoms with Crippen LogP contribution in [-0.4, -0.2) is 19.1 Å². The number of hydrogen-bond donors (Lipinski definition) is 1. The maximum atomic E-state index is 12.5. The molecule has 0 fully saturated rings. The number of carbonyl (C=O) groups is 1. The molecule has 0 aromatic heterocycles. The van der Waals surface area contributed by atoms with Crippen molar-refractivity contribution in [1.82, 2.24) is 0 Å². The lowest BCUT2D eigenvalue weighted by Gasteiger charge is -2.10. The Morgan fingerprint density at radius 1 is 0.800 bits per heavy atom. The molecule has 0 saturated heterocycles. The number of hydrogen-bond acceptors (Lipinski definition) is 3. The molecule has 3 aromatic rings. The van der Waals surface area contributed by atoms with Gasteiger partial charge in [0.1, 0.15) is 11.5 Å². The lowest BCUT2D eigenvalue weighted by molar-refractivity contribution is 0.102. The first-order chi connectivity index (χ1) is 14.7. The predicted molar refractivity (Wildman–Crippen MR) is 121 cm³/mol. The number of rotatable bonds is 11. The number of nitrogens with one attached hydrogen (secondary N) is 1. The molecule has 3 aromatic carbocycles. The summed E-state index contributed by atoms with van der Waals surface area (Å²) in [6.45, 7) is 3.46. The zero-order valence-electron chi connectivity index (χ0n) is 17.5. The quantitative estimate of drug-likeness (QED) is 0.392. The van der Waals surface area contributed by atoms with Crippen LogP contribution in [0.4, 0.5) is 5.69 Å². The minimum atomic E-state index is -0.158. The average Bonchev–Trinajstić information content (AvgIpc) is 2.78. The summed E-state index contributed by atoms with van der Waals surface area (Å²) in [4.78, 5) is 12.5. The molecule has 4 nitrogen and oxygen atoms in total. The molecule has 0 spiro atoms. The van der Waals surface area contributed by atoms with Crippen LogP contribution in [0.1, 0.15) is 42.1 Å². The fourth-order valence-electron chi connectivity index (χ4n) is 3.04. The molecular formula is C26H29NO3. The second kappa shape index (κ2) is 11.7. The van der Waals surface area contributed by atoms with E-state index >= 15 is 0 Å². The van der Waals surface area contributed by atoms with Gasteiger partial charge in [-0.2, -0.15) is 0 Å². The van der Waals surface area contributed by atoms with Crippen LogP contribution in [0.25, 0.3) is 0 Å². The molecule has 4 heteroatoms. The van der Waals surface area contributed by atoms with Gasteiger partial charge < -0.3 is 14.8 Å². The van der Waals surface area contributed by atoms with Gasteiger partial charge in [0, 0.05) is 23.7 Å². The molecule has 156 valence electrons. The fourth-order valence-corrected chi connectivity index (χ4v) is 3.04. The Hall–Kier alpha value is -3.27. The standard InChI is InChI=1S/C26H29NO3/c1-2-3-7-18-29-24-15-13-22(14-16-24)26(28)27-23-11-8-12-25(20-23)30-19-17-21-9-5-4-6-10-21/h4-6,8-16,20H,2-3,7,17-19H2,1H3,(H,27,28). The minimum absolute atomic E-state index is 0.158. The number of ether oxygens (including phenoxy) is 2. The summed E-state index contributed by atoms with van der Waals surface area (Å²) in [6.07, 6.45) is 4.21. The van der Waals surface area contributed by atoms with Gasteiger partial charge in [0.05, 0.1) is 13.2 Å². The van der Waals surface area contributed by atoms with Crippen LogP contribution in [-0.2, 0) is 6.42 Å². The summed E-state index contributed by atoms with van der Waals surface area (Å²) in [6, 6.07) is 24.9. The van der Waals surface area contributed by atoms with Gasteiger partial charge >= 0.3 is 0 Å². The Balaban J connectivity index is 1.49. The Kier molecular flexibility index (Phi) is 8.34. The van der Waals surface area contributed by atoms with Crippen LogP contribution >= 0.6 is 0 Å². The van der Waals surface area contributed by atoms with Gasteiger partial charge in [-0.25, -0.2) is 0 Å². The number of benzene rings is 3. The normalized spacial score (nSPS) is 10.4. The topological polar surface area (TPSA) is 47.6 Å². The summed E-state index contributed by atoms with van der Waals surface area (Å²) < 4.78 is 11.5. The maximum Gasteiger partial charge on any atom is 0.255 e. The molecule has 0 radical (unpaired) electrons. The van der Waals surface area contributed by atoms with Crippen molar-refractivity contribution in [2.75, 3.05) is 18.5 Å². The Morgan fingerprint density at radius 3 is 2.33 bits per heavy atom. The third-order valence-electron chi connectivity index (χ3n) is 4.73. The molecule has 0 bridgehead atoms. The lowest BCUT2D eigenvalue weighted by atomic mass is 10.2. The van der Waals surface area contributed by atoms with Gasteiger partial charge in [0.25, 0.3) is 5.91 Å². The Labute approximate surface area is 178 Å². The minimum Gasteiger partial charge on any atom is -0.494 e. The van der Waals surface area contributed by atoms with E-state index in [1.54, 1.807) is 12.1 Å². The molecule has 0 aliphatic rings. The van der Waals surface area contributed by atoms with E-state index in [4.69, 9.17) is 9.47 Å². The lowest BCUT2D eigenvalue weighted by Crippen LogP contribution is -2.12. The van der Waals surface area contributed by atoms with Crippen molar-refractivity contribution in [2.24, 2.45) is 0 Å². The highest BCUT2D eigenvalue weighted by Gasteiger charge is 2.07. The number of amides is 1. The molecule has 0 unspecified atom stereocenters. The molecule has 1 N–H and O–H groups in total. The third kappa shape index (κ3) is 6.96. The van der Waals surface area contributed by atoms with Crippen LogP contribution in [0.2, 0.25) is 0 Å². The van der Waals surface area contributed by atoms with Crippen LogP contribution < -0.4 is 14.8 Å². The monoisotopic (exact) mass is 403 g/mol. The Morgan fingerprint density at radius 2 is 1.57 bits per heavy atom. The number of unbranched alkanes of at least 4 members (excludes halogenated alkanes) is 2. The van der Waals surface area contributed by atoms with E-state index < -0.39 is 0 Å². The van der Waals surface area contributed by atoms with Gasteiger partial charge in [0.15, 0.2) is 0 Å². The highest BCUT2D eigenvalue weighted by Crippen LogP contribution is 2.19. The largest absolute Gasteiger partial charge is 0.494 e. The summed E-state index contributed by atoms with van der Waals surface area (Å²) in [5.41, 5.74) is 2.53. The van der Waals surface area contributed by atoms with Gasteiger partial charge in [-0.3, -0.25) is 4.79 Å². The summed E-state index contributed by atoms with van der Waals surface area (Å²) in [7, 11) is 0. The zero-order chi connectivity index (χ0) is 21.0. The van der Waals surface area contributed by atoms with E-state index in [0.29, 0.717) is 24.5 Å². The SMILES string of the molecule is CCCCCOc1ccc(C(=O)Nc2cccc(OCCc3ccccc3)c2)cc1. The third-order valence-corrected chi connectivity index (χ3v) is 4.73. The molecule has 3 rings (SSSR count). The van der Waals surface area contributed by atoms with Crippen LogP contribution in [0.3, 0.4) is 0 Å². The maximum absolute atomic E-state index is 12.5. The molecule has 30 heavy (non-hydrogen) atoms. The van der Waals surface area contributed by atoms with E-state index in [0.717, 1.165) is 30.8 Å². The number of carbonyl (C=O) groups excluding carboxylic acids is 1. The molecule has 0 saturated carbocycles. The molecule has 0 aliphatic carbocycles. The van der Waals surface area contributed by atoms with Crippen LogP contribution in [0, 0.1) is 0 Å².